The molecule has 2 aliphatic rings. The summed E-state index contributed by atoms with van der Waals surface area (Å²) < 4.78 is 16.4. The second-order valence-electron chi connectivity index (χ2n) is 9.78. The summed E-state index contributed by atoms with van der Waals surface area (Å²) >= 11 is 0. The van der Waals surface area contributed by atoms with E-state index < -0.39 is 6.10 Å². The van der Waals surface area contributed by atoms with Gasteiger partial charge in [-0.15, -0.1) is 0 Å². The molecule has 37 heavy (non-hydrogen) atoms. The Morgan fingerprint density at radius 1 is 1.16 bits per heavy atom. The minimum Gasteiger partial charge on any atom is -0.486 e. The molecule has 0 unspecified atom stereocenters. The number of benzene rings is 1. The van der Waals surface area contributed by atoms with Gasteiger partial charge < -0.3 is 24.3 Å². The van der Waals surface area contributed by atoms with Gasteiger partial charge in [-0.05, 0) is 55.0 Å². The predicted octanol–water partition coefficient (Wildman–Crippen LogP) is 3.62. The van der Waals surface area contributed by atoms with Crippen LogP contribution in [0.15, 0.2) is 53.7 Å². The van der Waals surface area contributed by atoms with Crippen LogP contribution >= 0.6 is 0 Å². The Morgan fingerprint density at radius 3 is 2.89 bits per heavy atom. The molecule has 3 aromatic rings. The zero-order valence-electron chi connectivity index (χ0n) is 21.0. The maximum absolute atomic E-state index is 12.8. The lowest BCUT2D eigenvalue weighted by Gasteiger charge is -2.30. The van der Waals surface area contributed by atoms with Crippen LogP contribution in [0.25, 0.3) is 0 Å². The van der Waals surface area contributed by atoms with Gasteiger partial charge in [0.1, 0.15) is 12.4 Å². The highest BCUT2D eigenvalue weighted by molar-refractivity contribution is 5.96. The van der Waals surface area contributed by atoms with Gasteiger partial charge in [-0.25, -0.2) is 4.98 Å². The number of Topliss-reactive ketones (excluding diaryl/α,β-unsaturated/α-hetero) is 1. The van der Waals surface area contributed by atoms with Crippen LogP contribution in [0.5, 0.6) is 5.75 Å². The number of aliphatic hydroxyl groups is 1. The third-order valence-electron chi connectivity index (χ3n) is 6.96. The highest BCUT2D eigenvalue weighted by Gasteiger charge is 2.21. The number of hydrogen-bond donors (Lipinski definition) is 2. The first-order chi connectivity index (χ1) is 18.1. The highest BCUT2D eigenvalue weighted by Crippen LogP contribution is 2.25. The fourth-order valence-electron chi connectivity index (χ4n) is 4.88. The fourth-order valence-corrected chi connectivity index (χ4v) is 4.88. The normalized spacial score (nSPS) is 17.2. The van der Waals surface area contributed by atoms with Crippen LogP contribution in [-0.4, -0.2) is 64.2 Å². The molecule has 9 nitrogen and oxygen atoms in total. The number of nitrogens with one attached hydrogen (secondary N) is 1. The van der Waals surface area contributed by atoms with Crippen molar-refractivity contribution < 1.29 is 23.8 Å². The van der Waals surface area contributed by atoms with Crippen molar-refractivity contribution in [2.24, 2.45) is 0 Å². The SMILES string of the molecule is O=C(CC[C@H](O)CN1CCc2cc(OCc3cnco3)ccc2C1)c1cncc(NC2CCOCC2)c1. The van der Waals surface area contributed by atoms with Crippen LogP contribution in [0, 0.1) is 0 Å². The van der Waals surface area contributed by atoms with Gasteiger partial charge >= 0.3 is 0 Å². The molecule has 1 aromatic carbocycles. The van der Waals surface area contributed by atoms with Gasteiger partial charge in [-0.3, -0.25) is 14.7 Å². The minimum absolute atomic E-state index is 0.00373. The van der Waals surface area contributed by atoms with Gasteiger partial charge in [0, 0.05) is 63.3 Å². The maximum atomic E-state index is 12.8. The van der Waals surface area contributed by atoms with Crippen molar-refractivity contribution in [1.29, 1.82) is 0 Å². The number of oxazole rings is 1. The first-order valence-electron chi connectivity index (χ1n) is 13.0. The lowest BCUT2D eigenvalue weighted by atomic mass is 9.98. The zero-order valence-corrected chi connectivity index (χ0v) is 21.0. The van der Waals surface area contributed by atoms with Crippen molar-refractivity contribution in [3.63, 3.8) is 0 Å². The quantitative estimate of drug-likeness (QED) is 0.377. The van der Waals surface area contributed by atoms with Gasteiger partial charge in [0.05, 0.1) is 18.0 Å². The lowest BCUT2D eigenvalue weighted by molar-refractivity contribution is 0.0836. The first-order valence-corrected chi connectivity index (χ1v) is 13.0. The number of rotatable bonds is 11. The van der Waals surface area contributed by atoms with Gasteiger partial charge in [-0.2, -0.15) is 0 Å². The van der Waals surface area contributed by atoms with E-state index in [1.165, 1.54) is 17.5 Å². The van der Waals surface area contributed by atoms with E-state index >= 15 is 0 Å². The largest absolute Gasteiger partial charge is 0.486 e. The average Bonchev–Trinajstić information content (AvgIpc) is 3.45. The van der Waals surface area contributed by atoms with Gasteiger partial charge in [0.2, 0.25) is 0 Å². The van der Waals surface area contributed by atoms with E-state index in [1.807, 2.05) is 12.1 Å². The van der Waals surface area contributed by atoms with E-state index in [4.69, 9.17) is 13.9 Å². The average molecular weight is 507 g/mol. The van der Waals surface area contributed by atoms with E-state index in [0.29, 0.717) is 43.4 Å². The molecule has 0 amide bonds. The summed E-state index contributed by atoms with van der Waals surface area (Å²) in [7, 11) is 0. The summed E-state index contributed by atoms with van der Waals surface area (Å²) in [4.78, 5) is 23.2. The number of carbonyl (C=O) groups is 1. The number of fused-ring (bicyclic) bond motifs is 1. The molecule has 0 saturated carbocycles. The van der Waals surface area contributed by atoms with Gasteiger partial charge in [-0.1, -0.05) is 6.07 Å². The molecule has 2 N–H and O–H groups in total. The summed E-state index contributed by atoms with van der Waals surface area (Å²) in [6, 6.07) is 8.34. The number of nitrogens with zero attached hydrogens (tertiary/aromatic N) is 3. The Bertz CT molecular complexity index is 1160. The Kier molecular flexibility index (Phi) is 8.45. The Balaban J connectivity index is 1.07. The van der Waals surface area contributed by atoms with E-state index in [9.17, 15) is 9.90 Å². The molecule has 196 valence electrons. The van der Waals surface area contributed by atoms with Crippen molar-refractivity contribution in [3.05, 3.63) is 71.7 Å². The molecule has 2 aliphatic heterocycles. The van der Waals surface area contributed by atoms with Crippen molar-refractivity contribution in [3.8, 4) is 5.75 Å². The van der Waals surface area contributed by atoms with Crippen LogP contribution in [-0.2, 0) is 24.3 Å². The summed E-state index contributed by atoms with van der Waals surface area (Å²) in [5.74, 6) is 1.50. The smallest absolute Gasteiger partial charge is 0.181 e. The second-order valence-corrected chi connectivity index (χ2v) is 9.78. The molecule has 0 spiro atoms. The Morgan fingerprint density at radius 2 is 2.05 bits per heavy atom. The third kappa shape index (κ3) is 7.15. The van der Waals surface area contributed by atoms with E-state index in [0.717, 1.165) is 57.0 Å². The zero-order chi connectivity index (χ0) is 25.5. The number of aromatic nitrogens is 2. The summed E-state index contributed by atoms with van der Waals surface area (Å²) in [5, 5.41) is 14.1. The number of hydrogen-bond acceptors (Lipinski definition) is 9. The van der Waals surface area contributed by atoms with Crippen molar-refractivity contribution in [1.82, 2.24) is 14.9 Å². The van der Waals surface area contributed by atoms with Crippen LogP contribution in [0.1, 0.15) is 52.9 Å². The number of ketones is 1. The second kappa shape index (κ2) is 12.3. The summed E-state index contributed by atoms with van der Waals surface area (Å²) in [5.41, 5.74) is 3.94. The molecule has 1 atom stereocenters. The van der Waals surface area contributed by atoms with Crippen LogP contribution in [0.2, 0.25) is 0 Å². The van der Waals surface area contributed by atoms with Gasteiger partial charge in [0.25, 0.3) is 0 Å². The number of carbonyl (C=O) groups excluding carboxylic acids is 1. The number of aliphatic hydroxyl groups excluding tert-OH is 1. The van der Waals surface area contributed by atoms with E-state index in [1.54, 1.807) is 18.6 Å². The lowest BCUT2D eigenvalue weighted by Crippen LogP contribution is -2.36. The molecular weight excluding hydrogens is 472 g/mol. The predicted molar refractivity (Wildman–Crippen MR) is 138 cm³/mol. The highest BCUT2D eigenvalue weighted by atomic mass is 16.5. The summed E-state index contributed by atoms with van der Waals surface area (Å²) in [6.07, 6.45) is 9.34. The van der Waals surface area contributed by atoms with E-state index in [2.05, 4.69) is 32.3 Å². The Labute approximate surface area is 216 Å². The third-order valence-corrected chi connectivity index (χ3v) is 6.96. The number of β-amino-alcohol motifs (C(OH)–C–C–N with tert-alkyl or cyclic N) is 1. The minimum atomic E-state index is -0.563. The number of anilines is 1. The Hall–Kier alpha value is -3.27. The number of pyridine rings is 1. The van der Waals surface area contributed by atoms with Crippen molar-refractivity contribution in [2.45, 2.75) is 57.4 Å². The van der Waals surface area contributed by atoms with Crippen LogP contribution in [0.3, 0.4) is 0 Å². The monoisotopic (exact) mass is 506 g/mol. The number of ether oxygens (including phenoxy) is 2. The van der Waals surface area contributed by atoms with Crippen LogP contribution < -0.4 is 10.1 Å². The molecule has 4 heterocycles. The van der Waals surface area contributed by atoms with Crippen molar-refractivity contribution in [2.75, 3.05) is 31.6 Å². The molecule has 9 heteroatoms. The molecular formula is C28H34N4O5. The maximum Gasteiger partial charge on any atom is 0.181 e. The molecule has 0 radical (unpaired) electrons. The standard InChI is InChI=1S/C28H34N4O5/c33-25(2-4-28(34)22-11-24(14-29-13-22)31-23-6-9-35-10-7-23)17-32-8-5-20-12-26(3-1-21(20)16-32)36-18-27-15-30-19-37-27/h1,3,11-15,19,23,25,31,33H,2,4-10,16-18H2/t25-/m0/s1. The fraction of sp³-hybridized carbons (Fsp3) is 0.464. The molecule has 0 bridgehead atoms. The summed E-state index contributed by atoms with van der Waals surface area (Å²) in [6.45, 7) is 4.02. The molecule has 5 rings (SSSR count). The molecule has 0 aliphatic carbocycles. The topological polar surface area (TPSA) is 110 Å². The molecule has 1 saturated heterocycles. The van der Waals surface area contributed by atoms with Crippen LogP contribution in [0.4, 0.5) is 5.69 Å². The molecule has 1 fully saturated rings. The first kappa shape index (κ1) is 25.4. The van der Waals surface area contributed by atoms with E-state index in [-0.39, 0.29) is 5.78 Å². The van der Waals surface area contributed by atoms with Gasteiger partial charge in [0.15, 0.2) is 17.9 Å². The molecule has 2 aromatic heterocycles. The van der Waals surface area contributed by atoms with Crippen molar-refractivity contribution >= 4 is 11.5 Å².